The zero-order chi connectivity index (χ0) is 17.0. The van der Waals surface area contributed by atoms with Gasteiger partial charge >= 0.3 is 12.0 Å². The number of carbonyl (C=O) groups excluding carboxylic acids is 2. The number of carbonyl (C=O) groups is 2. The van der Waals surface area contributed by atoms with Gasteiger partial charge in [-0.05, 0) is 32.0 Å². The van der Waals surface area contributed by atoms with Gasteiger partial charge in [0.1, 0.15) is 0 Å². The van der Waals surface area contributed by atoms with Gasteiger partial charge in [-0.2, -0.15) is 0 Å². The molecule has 5 nitrogen and oxygen atoms in total. The Morgan fingerprint density at radius 2 is 2.09 bits per heavy atom. The van der Waals surface area contributed by atoms with Crippen LogP contribution >= 0.6 is 11.8 Å². The minimum absolute atomic E-state index is 0.215. The SMILES string of the molecule is CCOC(=O)C1=C(CSc2ccc(F)c(F)c2)NC(=O)N[C@H]1C. The molecule has 0 spiro atoms. The fourth-order valence-electron chi connectivity index (χ4n) is 2.12. The molecule has 0 aromatic heterocycles. The molecule has 1 heterocycles. The van der Waals surface area contributed by atoms with Gasteiger partial charge in [-0.15, -0.1) is 11.8 Å². The topological polar surface area (TPSA) is 67.4 Å². The highest BCUT2D eigenvalue weighted by molar-refractivity contribution is 7.99. The number of hydrogen-bond donors (Lipinski definition) is 2. The average molecular weight is 342 g/mol. The number of ether oxygens (including phenoxy) is 1. The predicted molar refractivity (Wildman–Crippen MR) is 81.9 cm³/mol. The van der Waals surface area contributed by atoms with Gasteiger partial charge in [0.05, 0.1) is 18.2 Å². The minimum atomic E-state index is -0.947. The molecule has 124 valence electrons. The number of halogens is 2. The van der Waals surface area contributed by atoms with Gasteiger partial charge < -0.3 is 15.4 Å². The number of esters is 1. The maximum absolute atomic E-state index is 13.2. The van der Waals surface area contributed by atoms with Crippen LogP contribution in [-0.2, 0) is 9.53 Å². The van der Waals surface area contributed by atoms with Crippen molar-refractivity contribution in [3.63, 3.8) is 0 Å². The van der Waals surface area contributed by atoms with Crippen molar-refractivity contribution in [2.75, 3.05) is 12.4 Å². The largest absolute Gasteiger partial charge is 0.463 e. The van der Waals surface area contributed by atoms with E-state index in [1.54, 1.807) is 13.8 Å². The third-order valence-electron chi connectivity index (χ3n) is 3.14. The summed E-state index contributed by atoms with van der Waals surface area (Å²) in [7, 11) is 0. The van der Waals surface area contributed by atoms with E-state index in [9.17, 15) is 18.4 Å². The monoisotopic (exact) mass is 342 g/mol. The molecular formula is C15H16F2N2O3S. The molecule has 1 aliphatic rings. The minimum Gasteiger partial charge on any atom is -0.463 e. The lowest BCUT2D eigenvalue weighted by Gasteiger charge is -2.26. The first-order chi connectivity index (χ1) is 10.9. The van der Waals surface area contributed by atoms with Crippen molar-refractivity contribution in [2.45, 2.75) is 24.8 Å². The Kier molecular flexibility index (Phi) is 5.59. The normalized spacial score (nSPS) is 17.6. The summed E-state index contributed by atoms with van der Waals surface area (Å²) >= 11 is 1.18. The molecule has 2 rings (SSSR count). The molecule has 23 heavy (non-hydrogen) atoms. The number of urea groups is 1. The molecule has 2 N–H and O–H groups in total. The Bertz CT molecular complexity index is 664. The van der Waals surface area contributed by atoms with Crippen LogP contribution in [0.25, 0.3) is 0 Å². The van der Waals surface area contributed by atoms with E-state index in [1.165, 1.54) is 17.8 Å². The second-order valence-electron chi connectivity index (χ2n) is 4.80. The van der Waals surface area contributed by atoms with Crippen LogP contribution in [0, 0.1) is 11.6 Å². The zero-order valence-corrected chi connectivity index (χ0v) is 13.4. The smallest absolute Gasteiger partial charge is 0.337 e. The second-order valence-corrected chi connectivity index (χ2v) is 5.85. The summed E-state index contributed by atoms with van der Waals surface area (Å²) in [6, 6.07) is 2.61. The van der Waals surface area contributed by atoms with Crippen molar-refractivity contribution in [2.24, 2.45) is 0 Å². The van der Waals surface area contributed by atoms with Crippen LogP contribution in [-0.4, -0.2) is 30.4 Å². The second kappa shape index (κ2) is 7.45. The highest BCUT2D eigenvalue weighted by atomic mass is 32.2. The third-order valence-corrected chi connectivity index (χ3v) is 4.16. The fourth-order valence-corrected chi connectivity index (χ4v) is 3.01. The summed E-state index contributed by atoms with van der Waals surface area (Å²) in [6.07, 6.45) is 0. The summed E-state index contributed by atoms with van der Waals surface area (Å²) in [4.78, 5) is 24.1. The van der Waals surface area contributed by atoms with Gasteiger partial charge in [0, 0.05) is 16.3 Å². The van der Waals surface area contributed by atoms with Gasteiger partial charge in [-0.25, -0.2) is 18.4 Å². The Morgan fingerprint density at radius 3 is 2.74 bits per heavy atom. The van der Waals surface area contributed by atoms with Crippen LogP contribution in [0.4, 0.5) is 13.6 Å². The van der Waals surface area contributed by atoms with E-state index in [4.69, 9.17) is 4.74 Å². The lowest BCUT2D eigenvalue weighted by Crippen LogP contribution is -2.49. The number of amides is 2. The van der Waals surface area contributed by atoms with Gasteiger partial charge in [0.2, 0.25) is 0 Å². The van der Waals surface area contributed by atoms with Crippen molar-refractivity contribution in [1.82, 2.24) is 10.6 Å². The molecule has 0 saturated heterocycles. The Labute approximate surface area is 136 Å². The summed E-state index contributed by atoms with van der Waals surface area (Å²) in [5.74, 6) is -2.17. The molecule has 1 aromatic rings. The molecule has 0 radical (unpaired) electrons. The molecule has 1 aliphatic heterocycles. The van der Waals surface area contributed by atoms with Crippen LogP contribution in [0.3, 0.4) is 0 Å². The predicted octanol–water partition coefficient (Wildman–Crippen LogP) is 2.58. The number of hydrogen-bond acceptors (Lipinski definition) is 4. The van der Waals surface area contributed by atoms with Crippen molar-refractivity contribution in [1.29, 1.82) is 0 Å². The van der Waals surface area contributed by atoms with Crippen LogP contribution < -0.4 is 10.6 Å². The number of benzene rings is 1. The molecule has 0 saturated carbocycles. The van der Waals surface area contributed by atoms with E-state index in [2.05, 4.69) is 10.6 Å². The number of nitrogens with one attached hydrogen (secondary N) is 2. The summed E-state index contributed by atoms with van der Waals surface area (Å²) in [5, 5.41) is 5.16. The molecule has 1 atom stereocenters. The van der Waals surface area contributed by atoms with E-state index < -0.39 is 29.7 Å². The maximum Gasteiger partial charge on any atom is 0.337 e. The highest BCUT2D eigenvalue weighted by Gasteiger charge is 2.29. The van der Waals surface area contributed by atoms with Gasteiger partial charge in [0.15, 0.2) is 11.6 Å². The van der Waals surface area contributed by atoms with Crippen LogP contribution in [0.2, 0.25) is 0 Å². The Hall–Kier alpha value is -2.09. The lowest BCUT2D eigenvalue weighted by atomic mass is 10.1. The van der Waals surface area contributed by atoms with Crippen LogP contribution in [0.5, 0.6) is 0 Å². The van der Waals surface area contributed by atoms with Gasteiger partial charge in [-0.3, -0.25) is 0 Å². The molecule has 1 aromatic carbocycles. The molecule has 0 fully saturated rings. The average Bonchev–Trinajstić information content (AvgIpc) is 2.48. The van der Waals surface area contributed by atoms with E-state index in [1.807, 2.05) is 0 Å². The van der Waals surface area contributed by atoms with Crippen molar-refractivity contribution >= 4 is 23.8 Å². The number of thioether (sulfide) groups is 1. The Morgan fingerprint density at radius 1 is 1.35 bits per heavy atom. The van der Waals surface area contributed by atoms with Gasteiger partial charge in [0.25, 0.3) is 0 Å². The van der Waals surface area contributed by atoms with Crippen molar-refractivity contribution in [3.05, 3.63) is 41.1 Å². The summed E-state index contributed by atoms with van der Waals surface area (Å²) < 4.78 is 31.1. The van der Waals surface area contributed by atoms with E-state index in [-0.39, 0.29) is 12.4 Å². The lowest BCUT2D eigenvalue weighted by molar-refractivity contribution is -0.138. The molecular weight excluding hydrogens is 326 g/mol. The van der Waals surface area contributed by atoms with E-state index >= 15 is 0 Å². The highest BCUT2D eigenvalue weighted by Crippen LogP contribution is 2.25. The molecule has 0 aliphatic carbocycles. The summed E-state index contributed by atoms with van der Waals surface area (Å²) in [6.45, 7) is 3.58. The molecule has 0 bridgehead atoms. The molecule has 0 unspecified atom stereocenters. The first-order valence-electron chi connectivity index (χ1n) is 6.98. The summed E-state index contributed by atoms with van der Waals surface area (Å²) in [5.41, 5.74) is 0.718. The van der Waals surface area contributed by atoms with Crippen LogP contribution in [0.1, 0.15) is 13.8 Å². The Balaban J connectivity index is 2.20. The molecule has 8 heteroatoms. The van der Waals surface area contributed by atoms with Crippen LogP contribution in [0.15, 0.2) is 34.4 Å². The van der Waals surface area contributed by atoms with E-state index in [0.29, 0.717) is 16.2 Å². The van der Waals surface area contributed by atoms with Gasteiger partial charge in [-0.1, -0.05) is 0 Å². The first-order valence-corrected chi connectivity index (χ1v) is 7.96. The van der Waals surface area contributed by atoms with E-state index in [0.717, 1.165) is 12.1 Å². The van der Waals surface area contributed by atoms with Crippen molar-refractivity contribution in [3.8, 4) is 0 Å². The zero-order valence-electron chi connectivity index (χ0n) is 12.6. The standard InChI is InChI=1S/C15H16F2N2O3S/c1-3-22-14(20)13-8(2)18-15(21)19-12(13)7-23-9-4-5-10(16)11(17)6-9/h4-6,8H,3,7H2,1-2H3,(H2,18,19,21)/t8-/m0/s1. The first kappa shape index (κ1) is 17.3. The molecule has 2 amide bonds. The fraction of sp³-hybridized carbons (Fsp3) is 0.333. The van der Waals surface area contributed by atoms with Crippen molar-refractivity contribution < 1.29 is 23.1 Å². The number of rotatable bonds is 5. The maximum atomic E-state index is 13.2. The third kappa shape index (κ3) is 4.22. The quantitative estimate of drug-likeness (QED) is 0.637.